The first-order chi connectivity index (χ1) is 16.9. The van der Waals surface area contributed by atoms with Gasteiger partial charge in [0.25, 0.3) is 0 Å². The van der Waals surface area contributed by atoms with Gasteiger partial charge in [0.1, 0.15) is 11.6 Å². The van der Waals surface area contributed by atoms with Gasteiger partial charge in [-0.2, -0.15) is 0 Å². The number of nitrogens with zero attached hydrogens (tertiary/aromatic N) is 1. The number of nitrogens with one attached hydrogen (secondary N) is 1. The molecule has 0 atom stereocenters. The second kappa shape index (κ2) is 12.9. The van der Waals surface area contributed by atoms with E-state index in [1.165, 1.54) is 31.4 Å². The van der Waals surface area contributed by atoms with Gasteiger partial charge in [0.05, 0.1) is 5.69 Å². The SMILES string of the molecule is C=C(Nc1cc(-c2ccccc2)cc(-c2ccccc2Cl)n1)c1cc(F)ccc1C.CCCCC. The number of hydrogen-bond donors (Lipinski definition) is 1. The third-order valence-corrected chi connectivity index (χ3v) is 5.92. The predicted molar refractivity (Wildman–Crippen MR) is 149 cm³/mol. The summed E-state index contributed by atoms with van der Waals surface area (Å²) >= 11 is 6.43. The molecule has 0 aliphatic rings. The molecular weight excluding hydrogens is 455 g/mol. The van der Waals surface area contributed by atoms with Crippen molar-refractivity contribution in [1.82, 2.24) is 4.98 Å². The van der Waals surface area contributed by atoms with Crippen LogP contribution < -0.4 is 5.32 Å². The van der Waals surface area contributed by atoms with Crippen molar-refractivity contribution in [1.29, 1.82) is 0 Å². The van der Waals surface area contributed by atoms with Crippen LogP contribution in [0.2, 0.25) is 5.02 Å². The van der Waals surface area contributed by atoms with E-state index in [1.54, 1.807) is 6.07 Å². The van der Waals surface area contributed by atoms with Gasteiger partial charge in [-0.25, -0.2) is 9.37 Å². The summed E-state index contributed by atoms with van der Waals surface area (Å²) in [5, 5.41) is 3.88. The quantitative estimate of drug-likeness (QED) is 0.281. The van der Waals surface area contributed by atoms with Crippen molar-refractivity contribution in [3.63, 3.8) is 0 Å². The first kappa shape index (κ1) is 26.2. The molecule has 4 heteroatoms. The molecule has 0 saturated heterocycles. The fourth-order valence-electron chi connectivity index (χ4n) is 3.69. The van der Waals surface area contributed by atoms with Gasteiger partial charge in [-0.05, 0) is 53.9 Å². The van der Waals surface area contributed by atoms with Crippen LogP contribution >= 0.6 is 11.6 Å². The second-order valence-corrected chi connectivity index (χ2v) is 8.80. The van der Waals surface area contributed by atoms with Gasteiger partial charge in [-0.1, -0.05) is 106 Å². The van der Waals surface area contributed by atoms with E-state index in [-0.39, 0.29) is 5.82 Å². The molecule has 0 spiro atoms. The molecule has 0 fully saturated rings. The van der Waals surface area contributed by atoms with E-state index < -0.39 is 0 Å². The summed E-state index contributed by atoms with van der Waals surface area (Å²) < 4.78 is 13.8. The van der Waals surface area contributed by atoms with E-state index in [2.05, 4.69) is 25.7 Å². The van der Waals surface area contributed by atoms with E-state index in [0.29, 0.717) is 22.1 Å². The first-order valence-electron chi connectivity index (χ1n) is 12.0. The molecule has 0 bridgehead atoms. The molecule has 0 amide bonds. The smallest absolute Gasteiger partial charge is 0.131 e. The minimum Gasteiger partial charge on any atom is -0.340 e. The fourth-order valence-corrected chi connectivity index (χ4v) is 3.93. The molecular formula is C31H32ClFN2. The van der Waals surface area contributed by atoms with Crippen LogP contribution in [0.15, 0.2) is 91.5 Å². The van der Waals surface area contributed by atoms with Crippen LogP contribution in [0.25, 0.3) is 28.1 Å². The fraction of sp³-hybridized carbons (Fsp3) is 0.194. The zero-order valence-corrected chi connectivity index (χ0v) is 21.4. The van der Waals surface area contributed by atoms with Crippen LogP contribution in [-0.2, 0) is 0 Å². The molecule has 0 saturated carbocycles. The summed E-state index contributed by atoms with van der Waals surface area (Å²) in [5.74, 6) is 0.307. The Hall–Kier alpha value is -3.43. The van der Waals surface area contributed by atoms with Crippen LogP contribution in [-0.4, -0.2) is 4.98 Å². The van der Waals surface area contributed by atoms with Crippen molar-refractivity contribution in [2.75, 3.05) is 5.32 Å². The minimum absolute atomic E-state index is 0.304. The Labute approximate surface area is 213 Å². The summed E-state index contributed by atoms with van der Waals surface area (Å²) in [6, 6.07) is 26.3. The van der Waals surface area contributed by atoms with Crippen molar-refractivity contribution < 1.29 is 4.39 Å². The zero-order chi connectivity index (χ0) is 25.2. The Morgan fingerprint density at radius 2 is 1.57 bits per heavy atom. The molecule has 0 aliphatic carbocycles. The summed E-state index contributed by atoms with van der Waals surface area (Å²) in [6.07, 6.45) is 4.08. The number of rotatable bonds is 7. The number of anilines is 1. The lowest BCUT2D eigenvalue weighted by molar-refractivity contribution is 0.627. The number of unbranched alkanes of at least 4 members (excludes halogenated alkanes) is 2. The van der Waals surface area contributed by atoms with Crippen LogP contribution in [0.3, 0.4) is 0 Å². The first-order valence-corrected chi connectivity index (χ1v) is 12.4. The van der Waals surface area contributed by atoms with E-state index in [9.17, 15) is 4.39 Å². The molecule has 1 N–H and O–H groups in total. The number of halogens is 2. The van der Waals surface area contributed by atoms with E-state index >= 15 is 0 Å². The third-order valence-electron chi connectivity index (χ3n) is 5.59. The molecule has 1 aromatic heterocycles. The molecule has 1 heterocycles. The van der Waals surface area contributed by atoms with E-state index in [4.69, 9.17) is 16.6 Å². The van der Waals surface area contributed by atoms with Gasteiger partial charge >= 0.3 is 0 Å². The Morgan fingerprint density at radius 3 is 2.23 bits per heavy atom. The average Bonchev–Trinajstić information content (AvgIpc) is 2.87. The molecule has 4 aromatic rings. The molecule has 0 radical (unpaired) electrons. The van der Waals surface area contributed by atoms with Crippen molar-refractivity contribution in [3.05, 3.63) is 113 Å². The maximum Gasteiger partial charge on any atom is 0.131 e. The van der Waals surface area contributed by atoms with Crippen molar-refractivity contribution in [2.45, 2.75) is 40.0 Å². The summed E-state index contributed by atoms with van der Waals surface area (Å²) in [7, 11) is 0. The van der Waals surface area contributed by atoms with Gasteiger partial charge in [0, 0.05) is 21.8 Å². The van der Waals surface area contributed by atoms with Gasteiger partial charge < -0.3 is 5.32 Å². The number of aromatic nitrogens is 1. The summed E-state index contributed by atoms with van der Waals surface area (Å²) in [6.45, 7) is 10.4. The predicted octanol–water partition coefficient (Wildman–Crippen LogP) is 9.80. The van der Waals surface area contributed by atoms with Gasteiger partial charge in [0.15, 0.2) is 0 Å². The maximum absolute atomic E-state index is 13.8. The lowest BCUT2D eigenvalue weighted by Crippen LogP contribution is -2.03. The van der Waals surface area contributed by atoms with Crippen LogP contribution in [0.5, 0.6) is 0 Å². The maximum atomic E-state index is 13.8. The van der Waals surface area contributed by atoms with Gasteiger partial charge in [-0.15, -0.1) is 0 Å². The van der Waals surface area contributed by atoms with Crippen LogP contribution in [0.4, 0.5) is 10.2 Å². The molecule has 2 nitrogen and oxygen atoms in total. The number of hydrogen-bond acceptors (Lipinski definition) is 2. The highest BCUT2D eigenvalue weighted by Crippen LogP contribution is 2.32. The normalized spacial score (nSPS) is 10.3. The second-order valence-electron chi connectivity index (χ2n) is 8.39. The van der Waals surface area contributed by atoms with Gasteiger partial charge in [-0.3, -0.25) is 0 Å². The van der Waals surface area contributed by atoms with Gasteiger partial charge in [0.2, 0.25) is 0 Å². The lowest BCUT2D eigenvalue weighted by atomic mass is 10.0. The highest BCUT2D eigenvalue weighted by molar-refractivity contribution is 6.33. The van der Waals surface area contributed by atoms with Crippen molar-refractivity contribution >= 4 is 23.1 Å². The molecule has 0 aliphatic heterocycles. The monoisotopic (exact) mass is 486 g/mol. The average molecular weight is 487 g/mol. The Morgan fingerprint density at radius 1 is 0.886 bits per heavy atom. The van der Waals surface area contributed by atoms with Crippen molar-refractivity contribution in [3.8, 4) is 22.4 Å². The molecule has 3 aromatic carbocycles. The Balaban J connectivity index is 0.000000623. The zero-order valence-electron chi connectivity index (χ0n) is 20.6. The van der Waals surface area contributed by atoms with Crippen LogP contribution in [0.1, 0.15) is 44.2 Å². The molecule has 4 rings (SSSR count). The molecule has 0 unspecified atom stereocenters. The highest BCUT2D eigenvalue weighted by atomic mass is 35.5. The van der Waals surface area contributed by atoms with E-state index in [0.717, 1.165) is 27.9 Å². The largest absolute Gasteiger partial charge is 0.340 e. The number of aryl methyl sites for hydroxylation is 1. The standard InChI is InChI=1S/C26H20ClFN2.C5H12/c1-17-12-13-21(28)16-23(17)18(2)29-26-15-20(19-8-4-3-5-9-19)14-25(30-26)22-10-6-7-11-24(22)27;1-3-5-4-2/h3-16H,2H2,1H3,(H,29,30);3-5H2,1-2H3. The number of benzene rings is 3. The molecule has 180 valence electrons. The third kappa shape index (κ3) is 7.27. The van der Waals surface area contributed by atoms with Crippen molar-refractivity contribution in [2.24, 2.45) is 0 Å². The van der Waals surface area contributed by atoms with E-state index in [1.807, 2.05) is 73.7 Å². The topological polar surface area (TPSA) is 24.9 Å². The highest BCUT2D eigenvalue weighted by Gasteiger charge is 2.12. The Bertz CT molecular complexity index is 1270. The summed E-state index contributed by atoms with van der Waals surface area (Å²) in [4.78, 5) is 4.76. The lowest BCUT2D eigenvalue weighted by Gasteiger charge is -2.15. The Kier molecular flexibility index (Phi) is 9.63. The minimum atomic E-state index is -0.304. The summed E-state index contributed by atoms with van der Waals surface area (Å²) in [5.41, 5.74) is 5.85. The number of pyridine rings is 1. The van der Waals surface area contributed by atoms with Crippen LogP contribution in [0, 0.1) is 12.7 Å². The molecule has 35 heavy (non-hydrogen) atoms.